The van der Waals surface area contributed by atoms with Crippen LogP contribution < -0.4 is 10.1 Å². The lowest BCUT2D eigenvalue weighted by atomic mass is 10.1. The highest BCUT2D eigenvalue weighted by molar-refractivity contribution is 6.02. The van der Waals surface area contributed by atoms with Crippen molar-refractivity contribution in [2.45, 2.75) is 19.8 Å². The van der Waals surface area contributed by atoms with Crippen molar-refractivity contribution >= 4 is 11.6 Å². The Kier molecular flexibility index (Phi) is 4.30. The predicted octanol–water partition coefficient (Wildman–Crippen LogP) is 2.86. The number of carbonyl (C=O) groups excluding carboxylic acids is 1. The summed E-state index contributed by atoms with van der Waals surface area (Å²) < 4.78 is 5.06. The molecule has 2 aromatic rings. The van der Waals surface area contributed by atoms with Crippen LogP contribution in [0.4, 0.5) is 5.69 Å². The largest absolute Gasteiger partial charge is 0.497 e. The normalized spacial score (nSPS) is 10.4. The van der Waals surface area contributed by atoms with Crippen LogP contribution in [0, 0.1) is 0 Å². The molecule has 0 bridgehead atoms. The molecule has 0 radical (unpaired) electrons. The maximum atomic E-state index is 12.0. The molecule has 0 aliphatic heterocycles. The van der Waals surface area contributed by atoms with Gasteiger partial charge in [-0.15, -0.1) is 5.10 Å². The molecule has 0 spiro atoms. The average molecular weight is 271 g/mol. The summed E-state index contributed by atoms with van der Waals surface area (Å²) in [4.78, 5) is 12.0. The first-order valence-electron chi connectivity index (χ1n) is 6.39. The number of hydrogen-bond donors (Lipinski definition) is 1. The fourth-order valence-corrected chi connectivity index (χ4v) is 1.64. The van der Waals surface area contributed by atoms with E-state index in [1.54, 1.807) is 37.4 Å². The Bertz CT molecular complexity index is 577. The van der Waals surface area contributed by atoms with Gasteiger partial charge >= 0.3 is 0 Å². The summed E-state index contributed by atoms with van der Waals surface area (Å²) in [5.41, 5.74) is 1.85. The third-order valence-electron chi connectivity index (χ3n) is 2.86. The van der Waals surface area contributed by atoms with Crippen LogP contribution in [-0.4, -0.2) is 23.2 Å². The van der Waals surface area contributed by atoms with Gasteiger partial charge in [0.25, 0.3) is 5.91 Å². The standard InChI is InChI=1S/C15H17N3O2/c1-10(2)13-8-9-14(18-17-13)15(19)16-11-4-6-12(20-3)7-5-11/h4-10H,1-3H3,(H,16,19). The molecule has 5 heteroatoms. The minimum atomic E-state index is -0.280. The highest BCUT2D eigenvalue weighted by Crippen LogP contribution is 2.16. The van der Waals surface area contributed by atoms with E-state index < -0.39 is 0 Å². The molecule has 0 aliphatic carbocycles. The molecule has 1 N–H and O–H groups in total. The summed E-state index contributed by atoms with van der Waals surface area (Å²) >= 11 is 0. The van der Waals surface area contributed by atoms with E-state index in [1.807, 2.05) is 19.9 Å². The van der Waals surface area contributed by atoms with Gasteiger partial charge in [0.05, 0.1) is 12.8 Å². The van der Waals surface area contributed by atoms with Gasteiger partial charge in [0.15, 0.2) is 5.69 Å². The van der Waals surface area contributed by atoms with Crippen molar-refractivity contribution in [2.75, 3.05) is 12.4 Å². The summed E-state index contributed by atoms with van der Waals surface area (Å²) in [7, 11) is 1.60. The lowest BCUT2D eigenvalue weighted by Gasteiger charge is -2.07. The van der Waals surface area contributed by atoms with Crippen molar-refractivity contribution in [3.63, 3.8) is 0 Å². The predicted molar refractivity (Wildman–Crippen MR) is 77.1 cm³/mol. The number of anilines is 1. The van der Waals surface area contributed by atoms with E-state index in [4.69, 9.17) is 4.74 Å². The van der Waals surface area contributed by atoms with E-state index in [-0.39, 0.29) is 5.91 Å². The zero-order valence-electron chi connectivity index (χ0n) is 11.8. The van der Waals surface area contributed by atoms with E-state index in [9.17, 15) is 4.79 Å². The van der Waals surface area contributed by atoms with Crippen LogP contribution in [0.25, 0.3) is 0 Å². The summed E-state index contributed by atoms with van der Waals surface area (Å²) in [6.07, 6.45) is 0. The number of benzene rings is 1. The summed E-state index contributed by atoms with van der Waals surface area (Å²) in [6, 6.07) is 10.6. The minimum absolute atomic E-state index is 0.280. The molecule has 1 aromatic carbocycles. The molecule has 0 atom stereocenters. The van der Waals surface area contributed by atoms with Gasteiger partial charge in [-0.05, 0) is 42.3 Å². The summed E-state index contributed by atoms with van der Waals surface area (Å²) in [5.74, 6) is 0.753. The number of aromatic nitrogens is 2. The van der Waals surface area contributed by atoms with Crippen molar-refractivity contribution < 1.29 is 9.53 Å². The maximum Gasteiger partial charge on any atom is 0.276 e. The van der Waals surface area contributed by atoms with Gasteiger partial charge in [-0.3, -0.25) is 4.79 Å². The highest BCUT2D eigenvalue weighted by atomic mass is 16.5. The average Bonchev–Trinajstić information content (AvgIpc) is 2.48. The van der Waals surface area contributed by atoms with Crippen LogP contribution in [0.15, 0.2) is 36.4 Å². The number of methoxy groups -OCH3 is 1. The third kappa shape index (κ3) is 3.32. The molecular weight excluding hydrogens is 254 g/mol. The highest BCUT2D eigenvalue weighted by Gasteiger charge is 2.09. The topological polar surface area (TPSA) is 64.1 Å². The summed E-state index contributed by atoms with van der Waals surface area (Å²) in [6.45, 7) is 4.06. The van der Waals surface area contributed by atoms with Crippen molar-refractivity contribution in [2.24, 2.45) is 0 Å². The van der Waals surface area contributed by atoms with E-state index >= 15 is 0 Å². The van der Waals surface area contributed by atoms with Crippen LogP contribution >= 0.6 is 0 Å². The Morgan fingerprint density at radius 1 is 1.10 bits per heavy atom. The number of rotatable bonds is 4. The van der Waals surface area contributed by atoms with E-state index in [0.717, 1.165) is 11.4 Å². The van der Waals surface area contributed by atoms with Gasteiger partial charge in [0, 0.05) is 5.69 Å². The Labute approximate surface area is 118 Å². The smallest absolute Gasteiger partial charge is 0.276 e. The quantitative estimate of drug-likeness (QED) is 0.928. The second-order valence-corrected chi connectivity index (χ2v) is 4.68. The zero-order chi connectivity index (χ0) is 14.5. The Balaban J connectivity index is 2.07. The first-order valence-corrected chi connectivity index (χ1v) is 6.39. The first-order chi connectivity index (χ1) is 9.60. The number of nitrogens with one attached hydrogen (secondary N) is 1. The summed E-state index contributed by atoms with van der Waals surface area (Å²) in [5, 5.41) is 10.7. The van der Waals surface area contributed by atoms with Crippen molar-refractivity contribution in [3.05, 3.63) is 47.8 Å². The maximum absolute atomic E-state index is 12.0. The molecular formula is C15H17N3O2. The molecule has 1 aromatic heterocycles. The second-order valence-electron chi connectivity index (χ2n) is 4.68. The molecule has 0 aliphatic rings. The number of amides is 1. The molecule has 0 fully saturated rings. The SMILES string of the molecule is COc1ccc(NC(=O)c2ccc(C(C)C)nn2)cc1. The van der Waals surface area contributed by atoms with Crippen molar-refractivity contribution in [1.29, 1.82) is 0 Å². The second kappa shape index (κ2) is 6.14. The molecule has 0 saturated carbocycles. The molecule has 1 amide bonds. The van der Waals surface area contributed by atoms with Crippen LogP contribution in [0.2, 0.25) is 0 Å². The number of nitrogens with zero attached hydrogens (tertiary/aromatic N) is 2. The molecule has 0 unspecified atom stereocenters. The van der Waals surface area contributed by atoms with E-state index in [1.165, 1.54) is 0 Å². The molecule has 0 saturated heterocycles. The zero-order valence-corrected chi connectivity index (χ0v) is 11.8. The van der Waals surface area contributed by atoms with Gasteiger partial charge in [-0.2, -0.15) is 5.10 Å². The van der Waals surface area contributed by atoms with E-state index in [2.05, 4.69) is 15.5 Å². The first kappa shape index (κ1) is 14.0. The molecule has 104 valence electrons. The van der Waals surface area contributed by atoms with Gasteiger partial charge < -0.3 is 10.1 Å². The fourth-order valence-electron chi connectivity index (χ4n) is 1.64. The number of ether oxygens (including phenoxy) is 1. The molecule has 1 heterocycles. The van der Waals surface area contributed by atoms with Gasteiger partial charge in [0.2, 0.25) is 0 Å². The van der Waals surface area contributed by atoms with Gasteiger partial charge in [0.1, 0.15) is 5.75 Å². The Morgan fingerprint density at radius 2 is 1.80 bits per heavy atom. The monoisotopic (exact) mass is 271 g/mol. The molecule has 5 nitrogen and oxygen atoms in total. The van der Waals surface area contributed by atoms with Gasteiger partial charge in [-0.1, -0.05) is 13.8 Å². The van der Waals surface area contributed by atoms with Crippen LogP contribution in [0.1, 0.15) is 35.9 Å². The van der Waals surface area contributed by atoms with Crippen molar-refractivity contribution in [1.82, 2.24) is 10.2 Å². The Hall–Kier alpha value is -2.43. The van der Waals surface area contributed by atoms with Crippen LogP contribution in [0.5, 0.6) is 5.75 Å². The third-order valence-corrected chi connectivity index (χ3v) is 2.86. The minimum Gasteiger partial charge on any atom is -0.497 e. The van der Waals surface area contributed by atoms with Crippen LogP contribution in [0.3, 0.4) is 0 Å². The lowest BCUT2D eigenvalue weighted by Crippen LogP contribution is -2.14. The van der Waals surface area contributed by atoms with Crippen molar-refractivity contribution in [3.8, 4) is 5.75 Å². The lowest BCUT2D eigenvalue weighted by molar-refractivity contribution is 0.102. The number of carbonyl (C=O) groups is 1. The molecule has 20 heavy (non-hydrogen) atoms. The molecule has 2 rings (SSSR count). The van der Waals surface area contributed by atoms with Gasteiger partial charge in [-0.25, -0.2) is 0 Å². The number of hydrogen-bond acceptors (Lipinski definition) is 4. The van der Waals surface area contributed by atoms with Crippen LogP contribution in [-0.2, 0) is 0 Å². The van der Waals surface area contributed by atoms with E-state index in [0.29, 0.717) is 17.3 Å². The Morgan fingerprint density at radius 3 is 2.30 bits per heavy atom. The fraction of sp³-hybridized carbons (Fsp3) is 0.267.